The van der Waals surface area contributed by atoms with Gasteiger partial charge in [-0.15, -0.1) is 0 Å². The highest BCUT2D eigenvalue weighted by molar-refractivity contribution is 5.92. The molecule has 2 aromatic heterocycles. The molecule has 0 aliphatic heterocycles. The van der Waals surface area contributed by atoms with Crippen LogP contribution in [0.4, 0.5) is 24.9 Å². The Morgan fingerprint density at radius 3 is 2.55 bits per heavy atom. The molecular weight excluding hydrogens is 543 g/mol. The van der Waals surface area contributed by atoms with Gasteiger partial charge in [0.25, 0.3) is 0 Å². The minimum atomic E-state index is -4.46. The Kier molecular flexibility index (Phi) is 8.49. The smallest absolute Gasteiger partial charge is 0.351 e. The number of rotatable bonds is 8. The van der Waals surface area contributed by atoms with Crippen molar-refractivity contribution in [2.24, 2.45) is 7.05 Å². The second-order valence-corrected chi connectivity index (χ2v) is 11.2. The molecule has 222 valence electrons. The van der Waals surface area contributed by atoms with E-state index < -0.39 is 17.6 Å². The molecule has 2 heterocycles. The number of hydrogen-bond acceptors (Lipinski definition) is 6. The van der Waals surface area contributed by atoms with Crippen LogP contribution < -0.4 is 10.6 Å². The van der Waals surface area contributed by atoms with Gasteiger partial charge in [-0.25, -0.2) is 9.97 Å². The number of nitrogens with zero attached hydrogens (tertiary/aromatic N) is 5. The summed E-state index contributed by atoms with van der Waals surface area (Å²) in [4.78, 5) is 24.4. The molecular formula is C31H36F3N7O. The number of aryl methyl sites for hydroxylation is 2. The molecule has 0 bridgehead atoms. The van der Waals surface area contributed by atoms with Crippen LogP contribution in [0.25, 0.3) is 22.2 Å². The van der Waals surface area contributed by atoms with Gasteiger partial charge in [-0.05, 0) is 75.5 Å². The number of carbonyl (C=O) groups is 1. The summed E-state index contributed by atoms with van der Waals surface area (Å²) in [6, 6.07) is 11.6. The molecule has 1 aliphatic carbocycles. The quantitative estimate of drug-likeness (QED) is 0.263. The highest BCUT2D eigenvalue weighted by atomic mass is 19.4. The third kappa shape index (κ3) is 6.73. The fraction of sp³-hybridized carbons (Fsp3) is 0.419. The highest BCUT2D eigenvalue weighted by Gasteiger charge is 2.30. The van der Waals surface area contributed by atoms with E-state index in [1.807, 2.05) is 12.3 Å². The minimum Gasteiger partial charge on any atom is -0.351 e. The molecule has 8 nitrogen and oxygen atoms in total. The monoisotopic (exact) mass is 579 g/mol. The average Bonchev–Trinajstić information content (AvgIpc) is 3.31. The maximum absolute atomic E-state index is 13.0. The van der Waals surface area contributed by atoms with Gasteiger partial charge in [-0.2, -0.15) is 18.3 Å². The van der Waals surface area contributed by atoms with Gasteiger partial charge in [0.1, 0.15) is 0 Å². The Labute approximate surface area is 243 Å². The molecule has 11 heteroatoms. The molecule has 2 aromatic carbocycles. The number of carbonyl (C=O) groups excluding carboxylic acids is 1. The molecule has 1 aliphatic rings. The van der Waals surface area contributed by atoms with E-state index in [4.69, 9.17) is 4.98 Å². The second-order valence-electron chi connectivity index (χ2n) is 11.2. The molecule has 0 unspecified atom stereocenters. The van der Waals surface area contributed by atoms with E-state index in [0.29, 0.717) is 23.8 Å². The van der Waals surface area contributed by atoms with Crippen molar-refractivity contribution in [3.8, 4) is 11.3 Å². The molecule has 42 heavy (non-hydrogen) atoms. The zero-order valence-electron chi connectivity index (χ0n) is 24.3. The summed E-state index contributed by atoms with van der Waals surface area (Å²) in [7, 11) is 6.05. The summed E-state index contributed by atoms with van der Waals surface area (Å²) in [5.41, 5.74) is 3.14. The molecule has 0 atom stereocenters. The lowest BCUT2D eigenvalue weighted by atomic mass is 9.90. The maximum Gasteiger partial charge on any atom is 0.416 e. The van der Waals surface area contributed by atoms with Crippen LogP contribution in [-0.4, -0.2) is 56.7 Å². The van der Waals surface area contributed by atoms with Crippen LogP contribution in [0.1, 0.15) is 49.3 Å². The van der Waals surface area contributed by atoms with Crippen LogP contribution in [0.5, 0.6) is 0 Å². The predicted molar refractivity (Wildman–Crippen MR) is 158 cm³/mol. The van der Waals surface area contributed by atoms with E-state index in [0.717, 1.165) is 72.0 Å². The Bertz CT molecular complexity index is 1570. The van der Waals surface area contributed by atoms with Gasteiger partial charge in [-0.1, -0.05) is 25.1 Å². The number of alkyl halides is 3. The first-order valence-electron chi connectivity index (χ1n) is 14.2. The van der Waals surface area contributed by atoms with Gasteiger partial charge in [-0.3, -0.25) is 9.48 Å². The number of amides is 1. The van der Waals surface area contributed by atoms with Gasteiger partial charge in [0.05, 0.1) is 23.2 Å². The van der Waals surface area contributed by atoms with Crippen molar-refractivity contribution < 1.29 is 18.0 Å². The molecule has 1 saturated carbocycles. The lowest BCUT2D eigenvalue weighted by molar-refractivity contribution is -0.137. The van der Waals surface area contributed by atoms with Gasteiger partial charge >= 0.3 is 6.18 Å². The zero-order chi connectivity index (χ0) is 30.0. The van der Waals surface area contributed by atoms with Gasteiger partial charge in [0.15, 0.2) is 5.82 Å². The van der Waals surface area contributed by atoms with Crippen LogP contribution in [0.2, 0.25) is 0 Å². The standard InChI is InChI=1S/C31H36F3N7O/c1-5-20-15-21(16-22-18-35-30(38-29(20)22)36-24-9-11-25(12-10-24)40(2)3)26-17-27(39-41(26)4)37-28(42)14-19-7-6-8-23(13-19)31(32,33)34/h6-8,13,15-18,24-25H,5,9-12,14H2,1-4H3,(H,35,36,38)(H,37,39,42)/t24-,25-. The van der Waals surface area contributed by atoms with Crippen LogP contribution in [0.3, 0.4) is 0 Å². The number of anilines is 2. The van der Waals surface area contributed by atoms with Crippen molar-refractivity contribution in [2.75, 3.05) is 24.7 Å². The molecule has 4 aromatic rings. The predicted octanol–water partition coefficient (Wildman–Crippen LogP) is 6.08. The Morgan fingerprint density at radius 1 is 1.10 bits per heavy atom. The summed E-state index contributed by atoms with van der Waals surface area (Å²) in [6.07, 6.45) is 2.43. The molecule has 1 amide bonds. The summed E-state index contributed by atoms with van der Waals surface area (Å²) in [5, 5.41) is 11.6. The van der Waals surface area contributed by atoms with Crippen molar-refractivity contribution in [2.45, 2.75) is 63.7 Å². The van der Waals surface area contributed by atoms with Crippen LogP contribution in [0.15, 0.2) is 48.7 Å². The van der Waals surface area contributed by atoms with Crippen molar-refractivity contribution >= 4 is 28.6 Å². The second kappa shape index (κ2) is 12.1. The van der Waals surface area contributed by atoms with Crippen molar-refractivity contribution in [1.29, 1.82) is 0 Å². The molecule has 1 fully saturated rings. The van der Waals surface area contributed by atoms with E-state index in [2.05, 4.69) is 52.7 Å². The average molecular weight is 580 g/mol. The van der Waals surface area contributed by atoms with Crippen molar-refractivity contribution in [1.82, 2.24) is 24.6 Å². The number of hydrogen-bond donors (Lipinski definition) is 2. The van der Waals surface area contributed by atoms with Crippen LogP contribution >= 0.6 is 0 Å². The lowest BCUT2D eigenvalue weighted by Crippen LogP contribution is -2.36. The van der Waals surface area contributed by atoms with E-state index in [9.17, 15) is 18.0 Å². The zero-order valence-corrected chi connectivity index (χ0v) is 24.3. The summed E-state index contributed by atoms with van der Waals surface area (Å²) >= 11 is 0. The van der Waals surface area contributed by atoms with E-state index in [-0.39, 0.29) is 12.0 Å². The molecule has 0 radical (unpaired) electrons. The van der Waals surface area contributed by atoms with Crippen LogP contribution in [0, 0.1) is 0 Å². The highest BCUT2D eigenvalue weighted by Crippen LogP contribution is 2.31. The lowest BCUT2D eigenvalue weighted by Gasteiger charge is -2.32. The third-order valence-electron chi connectivity index (χ3n) is 7.97. The van der Waals surface area contributed by atoms with Crippen molar-refractivity contribution in [3.63, 3.8) is 0 Å². The van der Waals surface area contributed by atoms with E-state index in [1.54, 1.807) is 17.8 Å². The van der Waals surface area contributed by atoms with E-state index in [1.165, 1.54) is 12.1 Å². The third-order valence-corrected chi connectivity index (χ3v) is 7.97. The van der Waals surface area contributed by atoms with Gasteiger partial charge < -0.3 is 15.5 Å². The van der Waals surface area contributed by atoms with Gasteiger partial charge in [0, 0.05) is 42.3 Å². The number of benzene rings is 2. The SMILES string of the molecule is CCc1cc(-c2cc(NC(=O)Cc3cccc(C(F)(F)F)c3)nn2C)cc2cnc(N[C@H]3CC[C@H](N(C)C)CC3)nc12. The Balaban J connectivity index is 1.31. The first-order valence-corrected chi connectivity index (χ1v) is 14.2. The van der Waals surface area contributed by atoms with Crippen molar-refractivity contribution in [3.05, 3.63) is 65.4 Å². The molecule has 2 N–H and O–H groups in total. The normalized spacial score (nSPS) is 17.5. The Hall–Kier alpha value is -3.99. The summed E-state index contributed by atoms with van der Waals surface area (Å²) in [6.45, 7) is 2.08. The minimum absolute atomic E-state index is 0.198. The maximum atomic E-state index is 13.0. The number of fused-ring (bicyclic) bond motifs is 1. The Morgan fingerprint density at radius 2 is 1.86 bits per heavy atom. The van der Waals surface area contributed by atoms with E-state index >= 15 is 0 Å². The topological polar surface area (TPSA) is 88.0 Å². The number of halogens is 3. The first-order chi connectivity index (χ1) is 20.0. The summed E-state index contributed by atoms with van der Waals surface area (Å²) < 4.78 is 40.8. The fourth-order valence-electron chi connectivity index (χ4n) is 5.65. The van der Waals surface area contributed by atoms with Gasteiger partial charge in [0.2, 0.25) is 11.9 Å². The molecule has 0 saturated heterocycles. The van der Waals surface area contributed by atoms with Crippen LogP contribution in [-0.2, 0) is 30.9 Å². The fourth-order valence-corrected chi connectivity index (χ4v) is 5.65. The summed E-state index contributed by atoms with van der Waals surface area (Å²) in [5.74, 6) is 0.516. The largest absolute Gasteiger partial charge is 0.416 e. The molecule has 5 rings (SSSR count). The molecule has 0 spiro atoms. The number of aromatic nitrogens is 4. The number of nitrogens with one attached hydrogen (secondary N) is 2. The first kappa shape index (κ1) is 29.5.